The third-order valence-electron chi connectivity index (χ3n) is 1.83. The van der Waals surface area contributed by atoms with Gasteiger partial charge in [-0.3, -0.25) is 0 Å². The van der Waals surface area contributed by atoms with Crippen molar-refractivity contribution in [3.05, 3.63) is 29.3 Å². The molecule has 0 fully saturated rings. The average molecular weight is 165 g/mol. The summed E-state index contributed by atoms with van der Waals surface area (Å²) in [5, 5.41) is 9.37. The largest absolute Gasteiger partial charge is 0.508 e. The number of aryl methyl sites for hydroxylation is 1. The monoisotopic (exact) mass is 165 g/mol. The smallest absolute Gasteiger partial charge is 0.118 e. The number of nitrogens with two attached hydrogens (primary N) is 1. The molecule has 0 aliphatic rings. The molecule has 1 aromatic rings. The van der Waals surface area contributed by atoms with Gasteiger partial charge in [0.15, 0.2) is 0 Å². The van der Waals surface area contributed by atoms with E-state index in [1.807, 2.05) is 26.0 Å². The van der Waals surface area contributed by atoms with Gasteiger partial charge in [-0.05, 0) is 37.5 Å². The van der Waals surface area contributed by atoms with E-state index >= 15 is 0 Å². The fourth-order valence-corrected chi connectivity index (χ4v) is 1.15. The highest BCUT2D eigenvalue weighted by molar-refractivity contribution is 5.35. The Labute approximate surface area is 73.0 Å². The van der Waals surface area contributed by atoms with Crippen LogP contribution in [0.2, 0.25) is 0 Å². The summed E-state index contributed by atoms with van der Waals surface area (Å²) in [6.07, 6.45) is 0.813. The Morgan fingerprint density at radius 3 is 2.67 bits per heavy atom. The average Bonchev–Trinajstić information content (AvgIpc) is 1.96. The van der Waals surface area contributed by atoms with Crippen molar-refractivity contribution in [1.29, 1.82) is 0 Å². The second-order valence-electron chi connectivity index (χ2n) is 3.30. The number of aromatic hydroxyl groups is 1. The van der Waals surface area contributed by atoms with E-state index in [-0.39, 0.29) is 6.04 Å². The number of hydrogen-bond acceptors (Lipinski definition) is 2. The van der Waals surface area contributed by atoms with Crippen molar-refractivity contribution >= 4 is 0 Å². The van der Waals surface area contributed by atoms with Crippen LogP contribution in [0.3, 0.4) is 0 Å². The molecule has 0 bridgehead atoms. The Hall–Kier alpha value is -1.02. The first kappa shape index (κ1) is 9.07. The van der Waals surface area contributed by atoms with Crippen LogP contribution in [0.4, 0.5) is 0 Å². The molecule has 0 aliphatic heterocycles. The number of hydrogen-bond donors (Lipinski definition) is 2. The fraction of sp³-hybridized carbons (Fsp3) is 0.400. The predicted molar refractivity (Wildman–Crippen MR) is 50.2 cm³/mol. The molecule has 0 amide bonds. The van der Waals surface area contributed by atoms with E-state index in [0.717, 1.165) is 17.5 Å². The van der Waals surface area contributed by atoms with Crippen LogP contribution in [0.15, 0.2) is 18.2 Å². The van der Waals surface area contributed by atoms with Gasteiger partial charge in [0.2, 0.25) is 0 Å². The molecule has 0 saturated carbocycles. The van der Waals surface area contributed by atoms with Crippen LogP contribution in [-0.4, -0.2) is 11.1 Å². The summed E-state index contributed by atoms with van der Waals surface area (Å²) < 4.78 is 0. The zero-order valence-electron chi connectivity index (χ0n) is 7.54. The summed E-state index contributed by atoms with van der Waals surface area (Å²) in [7, 11) is 0. The maximum absolute atomic E-state index is 9.37. The first-order chi connectivity index (χ1) is 5.59. The van der Waals surface area contributed by atoms with E-state index in [4.69, 9.17) is 5.73 Å². The van der Waals surface area contributed by atoms with Gasteiger partial charge in [-0.15, -0.1) is 0 Å². The van der Waals surface area contributed by atoms with Gasteiger partial charge in [0.1, 0.15) is 5.75 Å². The molecule has 0 aromatic heterocycles. The second kappa shape index (κ2) is 3.59. The number of phenolic OH excluding ortho intramolecular Hbond substituents is 1. The molecule has 2 heteroatoms. The van der Waals surface area contributed by atoms with Crippen LogP contribution in [0.1, 0.15) is 18.1 Å². The lowest BCUT2D eigenvalue weighted by Crippen LogP contribution is -2.17. The van der Waals surface area contributed by atoms with Crippen LogP contribution in [0.25, 0.3) is 0 Å². The van der Waals surface area contributed by atoms with Crippen molar-refractivity contribution in [3.63, 3.8) is 0 Å². The molecule has 2 nitrogen and oxygen atoms in total. The second-order valence-corrected chi connectivity index (χ2v) is 3.30. The van der Waals surface area contributed by atoms with E-state index in [0.29, 0.717) is 5.75 Å². The highest BCUT2D eigenvalue weighted by Crippen LogP contribution is 2.17. The molecule has 1 aromatic carbocycles. The van der Waals surface area contributed by atoms with Gasteiger partial charge >= 0.3 is 0 Å². The topological polar surface area (TPSA) is 46.2 Å². The molecule has 0 aliphatic carbocycles. The van der Waals surface area contributed by atoms with Crippen molar-refractivity contribution in [2.45, 2.75) is 26.3 Å². The van der Waals surface area contributed by atoms with Crippen LogP contribution in [0.5, 0.6) is 5.75 Å². The van der Waals surface area contributed by atoms with Crippen LogP contribution in [0, 0.1) is 6.92 Å². The van der Waals surface area contributed by atoms with Gasteiger partial charge < -0.3 is 10.8 Å². The van der Waals surface area contributed by atoms with Gasteiger partial charge in [0, 0.05) is 6.04 Å². The van der Waals surface area contributed by atoms with E-state index in [1.165, 1.54) is 0 Å². The lowest BCUT2D eigenvalue weighted by molar-refractivity contribution is 0.470. The molecule has 0 saturated heterocycles. The molecular formula is C10H15NO. The Balaban J connectivity index is 2.82. The lowest BCUT2D eigenvalue weighted by atomic mass is 10.1. The maximum atomic E-state index is 9.37. The summed E-state index contributed by atoms with van der Waals surface area (Å²) in [5.41, 5.74) is 7.63. The van der Waals surface area contributed by atoms with E-state index < -0.39 is 0 Å². The minimum absolute atomic E-state index is 0.145. The van der Waals surface area contributed by atoms with Crippen molar-refractivity contribution in [3.8, 4) is 5.75 Å². The van der Waals surface area contributed by atoms with Gasteiger partial charge in [0.25, 0.3) is 0 Å². The Morgan fingerprint density at radius 2 is 2.17 bits per heavy atom. The Morgan fingerprint density at radius 1 is 1.50 bits per heavy atom. The van der Waals surface area contributed by atoms with Crippen molar-refractivity contribution in [2.75, 3.05) is 0 Å². The quantitative estimate of drug-likeness (QED) is 0.699. The van der Waals surface area contributed by atoms with E-state index in [1.54, 1.807) is 6.07 Å². The summed E-state index contributed by atoms with van der Waals surface area (Å²) in [5.74, 6) is 0.355. The maximum Gasteiger partial charge on any atom is 0.118 e. The standard InChI is InChI=1S/C10H15NO/c1-7-3-4-9(5-8(2)11)6-10(7)12/h3-4,6,8,12H,5,11H2,1-2H3. The zero-order valence-corrected chi connectivity index (χ0v) is 7.54. The predicted octanol–water partition coefficient (Wildman–Crippen LogP) is 1.59. The first-order valence-corrected chi connectivity index (χ1v) is 4.13. The molecule has 12 heavy (non-hydrogen) atoms. The Kier molecular flexibility index (Phi) is 2.71. The first-order valence-electron chi connectivity index (χ1n) is 4.13. The highest BCUT2D eigenvalue weighted by Gasteiger charge is 2.00. The summed E-state index contributed by atoms with van der Waals surface area (Å²) in [6, 6.07) is 5.83. The number of phenols is 1. The minimum Gasteiger partial charge on any atom is -0.508 e. The highest BCUT2D eigenvalue weighted by atomic mass is 16.3. The summed E-state index contributed by atoms with van der Waals surface area (Å²) in [6.45, 7) is 3.84. The number of rotatable bonds is 2. The van der Waals surface area contributed by atoms with Crippen molar-refractivity contribution < 1.29 is 5.11 Å². The molecule has 1 rings (SSSR count). The van der Waals surface area contributed by atoms with Gasteiger partial charge in [-0.1, -0.05) is 12.1 Å². The molecule has 0 spiro atoms. The lowest BCUT2D eigenvalue weighted by Gasteiger charge is -2.06. The minimum atomic E-state index is 0.145. The SMILES string of the molecule is Cc1ccc(CC(C)N)cc1O. The summed E-state index contributed by atoms with van der Waals surface area (Å²) >= 11 is 0. The molecular weight excluding hydrogens is 150 g/mol. The van der Waals surface area contributed by atoms with E-state index in [9.17, 15) is 5.11 Å². The third-order valence-corrected chi connectivity index (χ3v) is 1.83. The molecule has 0 heterocycles. The van der Waals surface area contributed by atoms with Crippen molar-refractivity contribution in [2.24, 2.45) is 5.73 Å². The van der Waals surface area contributed by atoms with Crippen molar-refractivity contribution in [1.82, 2.24) is 0 Å². The van der Waals surface area contributed by atoms with Gasteiger partial charge in [-0.2, -0.15) is 0 Å². The third kappa shape index (κ3) is 2.24. The Bertz CT molecular complexity index is 269. The molecule has 1 unspecified atom stereocenters. The molecule has 3 N–H and O–H groups in total. The normalized spacial score (nSPS) is 12.9. The zero-order chi connectivity index (χ0) is 9.14. The molecule has 0 radical (unpaired) electrons. The fourth-order valence-electron chi connectivity index (χ4n) is 1.15. The summed E-state index contributed by atoms with van der Waals surface area (Å²) in [4.78, 5) is 0. The van der Waals surface area contributed by atoms with E-state index in [2.05, 4.69) is 0 Å². The molecule has 1 atom stereocenters. The van der Waals surface area contributed by atoms with Gasteiger partial charge in [0.05, 0.1) is 0 Å². The van der Waals surface area contributed by atoms with Crippen LogP contribution < -0.4 is 5.73 Å². The van der Waals surface area contributed by atoms with Crippen LogP contribution in [-0.2, 0) is 6.42 Å². The number of benzene rings is 1. The van der Waals surface area contributed by atoms with Gasteiger partial charge in [-0.25, -0.2) is 0 Å². The molecule has 66 valence electrons. The van der Waals surface area contributed by atoms with Crippen LogP contribution >= 0.6 is 0 Å².